The highest BCUT2D eigenvalue weighted by molar-refractivity contribution is 7.86. The van der Waals surface area contributed by atoms with E-state index < -0.39 is 57.1 Å². The molecule has 4 heterocycles. The number of amides is 2. The fourth-order valence-electron chi connectivity index (χ4n) is 8.13. The minimum atomic E-state index is -1.87. The molecule has 1 aromatic heterocycles. The molecule has 0 aliphatic carbocycles. The summed E-state index contributed by atoms with van der Waals surface area (Å²) in [5, 5.41) is 42.2. The number of aliphatic carboxylic acids is 1. The number of nitrogens with one attached hydrogen (secondary N) is 2. The van der Waals surface area contributed by atoms with E-state index in [1.165, 1.54) is 28.4 Å². The molecule has 2 fully saturated rings. The molecule has 0 saturated carbocycles. The van der Waals surface area contributed by atoms with E-state index in [0.717, 1.165) is 27.8 Å². The van der Waals surface area contributed by atoms with Crippen LogP contribution in [0.2, 0.25) is 0 Å². The van der Waals surface area contributed by atoms with Crippen LogP contribution in [0.1, 0.15) is 47.4 Å². The first kappa shape index (κ1) is 39.7. The Hall–Kier alpha value is -6.10. The molecule has 3 aliphatic rings. The summed E-state index contributed by atoms with van der Waals surface area (Å²) in [5.74, 6) is -3.33. The molecule has 3 unspecified atom stereocenters. The highest BCUT2D eigenvalue weighted by Gasteiger charge is 2.61. The first-order valence-electron chi connectivity index (χ1n) is 19.0. The Morgan fingerprint density at radius 2 is 1.49 bits per heavy atom. The van der Waals surface area contributed by atoms with Gasteiger partial charge in [-0.15, -0.1) is 11.3 Å². The van der Waals surface area contributed by atoms with Gasteiger partial charge in [0.25, 0.3) is 5.91 Å². The number of carbonyl (C=O) groups excluding carboxylic acids is 2. The van der Waals surface area contributed by atoms with Gasteiger partial charge in [-0.05, 0) is 53.8 Å². The third-order valence-electron chi connectivity index (χ3n) is 10.9. The Morgan fingerprint density at radius 1 is 0.949 bits per heavy atom. The number of thiazole rings is 1. The second kappa shape index (κ2) is 15.9. The minimum Gasteiger partial charge on any atom is -0.504 e. The number of rotatable bonds is 13. The molecule has 59 heavy (non-hydrogen) atoms. The molecule has 0 spiro atoms. The zero-order valence-electron chi connectivity index (χ0n) is 32.1. The minimum absolute atomic E-state index is 0.0263. The third kappa shape index (κ3) is 7.43. The molecule has 304 valence electrons. The lowest BCUT2D eigenvalue weighted by molar-refractivity contribution is -0.160. The summed E-state index contributed by atoms with van der Waals surface area (Å²) in [6, 6.07) is 31.6. The van der Waals surface area contributed by atoms with Crippen LogP contribution >= 0.6 is 11.3 Å². The number of phenols is 2. The fraction of sp³-hybridized carbons (Fsp3) is 0.279. The number of carboxylic acids is 1. The van der Waals surface area contributed by atoms with Gasteiger partial charge < -0.3 is 35.7 Å². The van der Waals surface area contributed by atoms with Gasteiger partial charge in [0.15, 0.2) is 22.3 Å². The van der Waals surface area contributed by atoms with Crippen LogP contribution in [0, 0.1) is 5.41 Å². The number of hydrogen-bond acceptors (Lipinski definition) is 12. The molecule has 2 saturated heterocycles. The lowest BCUT2D eigenvalue weighted by Crippen LogP contribution is -2.78. The highest BCUT2D eigenvalue weighted by atomic mass is 32.2. The number of anilines is 1. The largest absolute Gasteiger partial charge is 0.504 e. The Labute approximate surface area is 346 Å². The lowest BCUT2D eigenvalue weighted by Gasteiger charge is -2.53. The summed E-state index contributed by atoms with van der Waals surface area (Å²) < 4.78 is 13.9. The van der Waals surface area contributed by atoms with Gasteiger partial charge in [0.1, 0.15) is 34.2 Å². The molecule has 16 heteroatoms. The smallest absolute Gasteiger partial charge is 0.313 e. The van der Waals surface area contributed by atoms with Crippen molar-refractivity contribution in [2.75, 3.05) is 24.2 Å². The van der Waals surface area contributed by atoms with Crippen molar-refractivity contribution in [1.82, 2.24) is 20.1 Å². The predicted molar refractivity (Wildman–Crippen MR) is 222 cm³/mol. The second-order valence-corrected chi connectivity index (χ2v) is 17.7. The van der Waals surface area contributed by atoms with Crippen LogP contribution in [0.4, 0.5) is 5.13 Å². The van der Waals surface area contributed by atoms with Crippen LogP contribution in [-0.4, -0.2) is 94.2 Å². The number of carbonyl (C=O) groups is 3. The average molecular weight is 835 g/mol. The summed E-state index contributed by atoms with van der Waals surface area (Å²) in [5.41, 5.74) is 1.88. The van der Waals surface area contributed by atoms with Crippen molar-refractivity contribution < 1.29 is 38.7 Å². The van der Waals surface area contributed by atoms with Gasteiger partial charge in [-0.1, -0.05) is 96.2 Å². The molecule has 14 nitrogen and oxygen atoms in total. The summed E-state index contributed by atoms with van der Waals surface area (Å²) in [7, 11) is -1.87. The zero-order valence-corrected chi connectivity index (χ0v) is 33.8. The van der Waals surface area contributed by atoms with Crippen LogP contribution in [0.3, 0.4) is 0 Å². The van der Waals surface area contributed by atoms with Crippen LogP contribution in [0.15, 0.2) is 114 Å². The van der Waals surface area contributed by atoms with E-state index in [9.17, 15) is 33.9 Å². The maximum atomic E-state index is 14.1. The normalized spacial score (nSPS) is 21.7. The molecule has 2 amide bonds. The zero-order chi connectivity index (χ0) is 41.5. The van der Waals surface area contributed by atoms with Crippen LogP contribution in [0.5, 0.6) is 11.5 Å². The molecular formula is C43H42N6O8S2. The van der Waals surface area contributed by atoms with E-state index in [2.05, 4.69) is 15.8 Å². The van der Waals surface area contributed by atoms with Crippen LogP contribution < -0.4 is 10.6 Å². The van der Waals surface area contributed by atoms with E-state index in [1.54, 1.807) is 19.2 Å². The van der Waals surface area contributed by atoms with E-state index in [-0.39, 0.29) is 41.7 Å². The number of fused-ring (bicyclic) bond motifs is 2. The van der Waals surface area contributed by atoms with Gasteiger partial charge in [-0.25, -0.2) is 4.98 Å². The maximum Gasteiger partial charge on any atom is 0.313 e. The van der Waals surface area contributed by atoms with E-state index in [4.69, 9.17) is 9.82 Å². The number of hydrogen-bond donors (Lipinski definition) is 5. The highest BCUT2D eigenvalue weighted by Crippen LogP contribution is 2.42. The number of aromatic hydroxyl groups is 2. The van der Waals surface area contributed by atoms with Gasteiger partial charge in [-0.3, -0.25) is 23.5 Å². The molecule has 4 atom stereocenters. The molecule has 0 bridgehead atoms. The molecular weight excluding hydrogens is 793 g/mol. The number of aromatic nitrogens is 1. The Morgan fingerprint density at radius 3 is 2.00 bits per heavy atom. The molecule has 5 N–H and O–H groups in total. The van der Waals surface area contributed by atoms with E-state index >= 15 is 0 Å². The van der Waals surface area contributed by atoms with Crippen molar-refractivity contribution in [2.24, 2.45) is 10.6 Å². The molecule has 0 radical (unpaired) electrons. The van der Waals surface area contributed by atoms with Gasteiger partial charge in [0.05, 0.1) is 0 Å². The van der Waals surface area contributed by atoms with Gasteiger partial charge in [0.2, 0.25) is 5.91 Å². The van der Waals surface area contributed by atoms with Crippen molar-refractivity contribution >= 4 is 50.8 Å². The fourth-order valence-corrected chi connectivity index (χ4v) is 10.9. The standard InChI is InChI=1S/C43H42N6O8S2/c1-26(2)57-47-35(32-22-58-41(44-32)46-43(29-12-6-3-7-13-29,30-14-8-4-9-15-30)31-16-10-5-11-17-31)37(52)45-36-38(53)49-24-42(40(54)55,25-59(56)39(36)49)23-48-20-27-18-33(50)34(51)19-28(27)21-48/h3-19,22,26,36,39,50-51H,20-21,23-25H2,1-2H3,(H,44,46)(H,45,52)(H,54,55)/t36?,39-,42?,59?/m1/s1. The van der Waals surface area contributed by atoms with Crippen LogP contribution in [-0.2, 0) is 48.6 Å². The first-order chi connectivity index (χ1) is 28.4. The summed E-state index contributed by atoms with van der Waals surface area (Å²) >= 11 is 1.26. The van der Waals surface area contributed by atoms with Gasteiger partial charge >= 0.3 is 5.97 Å². The van der Waals surface area contributed by atoms with Gasteiger partial charge in [0, 0.05) is 48.1 Å². The van der Waals surface area contributed by atoms with Gasteiger partial charge in [-0.2, -0.15) is 0 Å². The predicted octanol–water partition coefficient (Wildman–Crippen LogP) is 4.59. The number of carboxylic acid groups (broad SMARTS) is 1. The molecule has 3 aliphatic heterocycles. The van der Waals surface area contributed by atoms with E-state index in [1.807, 2.05) is 95.9 Å². The summed E-state index contributed by atoms with van der Waals surface area (Å²) in [6.45, 7) is 3.88. The lowest BCUT2D eigenvalue weighted by atomic mass is 9.77. The molecule has 5 aromatic rings. The van der Waals surface area contributed by atoms with Crippen molar-refractivity contribution in [3.8, 4) is 11.5 Å². The maximum absolute atomic E-state index is 14.1. The first-order valence-corrected chi connectivity index (χ1v) is 21.3. The topological polar surface area (TPSA) is 194 Å². The number of β-lactam (4-membered cyclic amide) rings is 1. The summed E-state index contributed by atoms with van der Waals surface area (Å²) in [6.07, 6.45) is -0.397. The SMILES string of the molecule is CC(C)ON=C(C(=O)NC1C(=O)N2CC(CN3Cc4cc(O)c(O)cc4C3)(C(=O)O)CS(=O)[C@H]12)c1csc(NC(c2ccccc2)(c2ccccc2)c2ccccc2)n1. The second-order valence-electron chi connectivity index (χ2n) is 15.3. The monoisotopic (exact) mass is 834 g/mol. The molecule has 4 aromatic carbocycles. The van der Waals surface area contributed by atoms with Crippen molar-refractivity contribution in [3.05, 3.63) is 142 Å². The number of benzene rings is 4. The quantitative estimate of drug-likeness (QED) is 0.0366. The van der Waals surface area contributed by atoms with Crippen LogP contribution in [0.25, 0.3) is 0 Å². The Balaban J connectivity index is 1.03. The van der Waals surface area contributed by atoms with Crippen molar-refractivity contribution in [2.45, 2.75) is 50.0 Å². The van der Waals surface area contributed by atoms with Crippen molar-refractivity contribution in [3.63, 3.8) is 0 Å². The average Bonchev–Trinajstić information content (AvgIpc) is 3.85. The number of oxime groups is 1. The van der Waals surface area contributed by atoms with E-state index in [0.29, 0.717) is 18.2 Å². The number of nitrogens with zero attached hydrogens (tertiary/aromatic N) is 4. The number of phenolic OH excluding ortho intramolecular Hbond substituents is 2. The Bertz CT molecular complexity index is 2320. The summed E-state index contributed by atoms with van der Waals surface area (Å²) in [4.78, 5) is 54.1. The Kier molecular flexibility index (Phi) is 10.7. The third-order valence-corrected chi connectivity index (χ3v) is 13.5. The molecule has 8 rings (SSSR count). The van der Waals surface area contributed by atoms with Crippen molar-refractivity contribution in [1.29, 1.82) is 0 Å².